The summed E-state index contributed by atoms with van der Waals surface area (Å²) in [6, 6.07) is 5.88. The average molecular weight is 516 g/mol. The van der Waals surface area contributed by atoms with Gasteiger partial charge in [-0.1, -0.05) is 22.9 Å². The molecule has 0 aliphatic carbocycles. The van der Waals surface area contributed by atoms with E-state index in [4.69, 9.17) is 21.1 Å². The first kappa shape index (κ1) is 23.2. The smallest absolute Gasteiger partial charge is 0.266 e. The molecule has 1 aromatic carbocycles. The number of benzene rings is 1. The van der Waals surface area contributed by atoms with E-state index in [1.807, 2.05) is 23.6 Å². The van der Waals surface area contributed by atoms with Crippen LogP contribution in [0.3, 0.4) is 0 Å². The Morgan fingerprint density at radius 1 is 1.22 bits per heavy atom. The summed E-state index contributed by atoms with van der Waals surface area (Å²) in [4.78, 5) is 18.0. The van der Waals surface area contributed by atoms with Crippen LogP contribution in [0.25, 0.3) is 10.2 Å². The van der Waals surface area contributed by atoms with Gasteiger partial charge in [0.05, 0.1) is 28.8 Å². The van der Waals surface area contributed by atoms with E-state index < -0.39 is 22.0 Å². The first-order chi connectivity index (χ1) is 15.3. The lowest BCUT2D eigenvalue weighted by Crippen LogP contribution is -2.40. The molecule has 3 heterocycles. The number of sulfonamides is 1. The van der Waals surface area contributed by atoms with Gasteiger partial charge in [0, 0.05) is 25.2 Å². The molecule has 2 aromatic heterocycles. The van der Waals surface area contributed by atoms with Crippen molar-refractivity contribution in [3.05, 3.63) is 33.4 Å². The highest BCUT2D eigenvalue weighted by molar-refractivity contribution is 7.91. The third kappa shape index (κ3) is 4.08. The second-order valence-electron chi connectivity index (χ2n) is 7.09. The third-order valence-corrected chi connectivity index (χ3v) is 9.96. The number of rotatable bonds is 6. The third-order valence-electron chi connectivity index (χ3n) is 5.31. The molecule has 0 radical (unpaired) electrons. The number of amides is 1. The number of aromatic nitrogens is 1. The topological polar surface area (TPSA) is 90.2 Å². The van der Waals surface area contributed by atoms with Crippen molar-refractivity contribution in [3.8, 4) is 11.5 Å². The molecule has 1 atom stereocenters. The van der Waals surface area contributed by atoms with Gasteiger partial charge in [-0.15, -0.1) is 11.3 Å². The number of carbonyl (C=O) groups excluding carboxylic acids is 1. The number of methoxy groups -OCH3 is 2. The first-order valence-electron chi connectivity index (χ1n) is 9.91. The lowest BCUT2D eigenvalue weighted by atomic mass is 10.2. The van der Waals surface area contributed by atoms with Crippen LogP contribution in [0.2, 0.25) is 4.34 Å². The lowest BCUT2D eigenvalue weighted by Gasteiger charge is -2.20. The Kier molecular flexibility index (Phi) is 6.64. The quantitative estimate of drug-likeness (QED) is 0.499. The number of thiophene rings is 1. The first-order valence-corrected chi connectivity index (χ1v) is 13.4. The molecule has 1 fully saturated rings. The van der Waals surface area contributed by atoms with Gasteiger partial charge >= 0.3 is 0 Å². The number of hydrogen-bond donors (Lipinski definition) is 0. The monoisotopic (exact) mass is 515 g/mol. The molecule has 1 amide bonds. The van der Waals surface area contributed by atoms with Crippen molar-refractivity contribution >= 4 is 60.4 Å². The molecule has 3 aromatic rings. The van der Waals surface area contributed by atoms with Crippen molar-refractivity contribution < 1.29 is 22.7 Å². The maximum Gasteiger partial charge on any atom is 0.266 e. The Morgan fingerprint density at radius 3 is 2.56 bits per heavy atom. The lowest BCUT2D eigenvalue weighted by molar-refractivity contribution is -0.121. The molecule has 1 unspecified atom stereocenters. The number of aryl methyl sites for hydroxylation is 1. The van der Waals surface area contributed by atoms with Gasteiger partial charge in [0.1, 0.15) is 10.3 Å². The van der Waals surface area contributed by atoms with Crippen molar-refractivity contribution in [1.29, 1.82) is 0 Å². The number of thiazole rings is 1. The zero-order chi connectivity index (χ0) is 23.0. The Balaban J connectivity index is 1.74. The summed E-state index contributed by atoms with van der Waals surface area (Å²) in [6.07, 6.45) is 1.03. The molecule has 4 rings (SSSR count). The maximum atomic E-state index is 13.1. The van der Waals surface area contributed by atoms with Gasteiger partial charge < -0.3 is 14.0 Å². The van der Waals surface area contributed by atoms with E-state index in [-0.39, 0.29) is 10.8 Å². The van der Waals surface area contributed by atoms with Gasteiger partial charge in [-0.2, -0.15) is 9.30 Å². The number of halogens is 1. The average Bonchev–Trinajstić information content (AvgIpc) is 3.50. The van der Waals surface area contributed by atoms with Crippen molar-refractivity contribution in [1.82, 2.24) is 8.87 Å². The molecule has 12 heteroatoms. The van der Waals surface area contributed by atoms with Crippen LogP contribution in [0.1, 0.15) is 19.8 Å². The fourth-order valence-electron chi connectivity index (χ4n) is 3.78. The van der Waals surface area contributed by atoms with Crippen LogP contribution in [0.15, 0.2) is 33.5 Å². The van der Waals surface area contributed by atoms with Gasteiger partial charge in [-0.3, -0.25) is 4.79 Å². The normalized spacial score (nSPS) is 17.9. The number of nitrogens with zero attached hydrogens (tertiary/aromatic N) is 3. The Bertz CT molecular complexity index is 1340. The van der Waals surface area contributed by atoms with Crippen molar-refractivity contribution in [2.24, 2.45) is 4.99 Å². The highest BCUT2D eigenvalue weighted by atomic mass is 35.5. The molecule has 172 valence electrons. The van der Waals surface area contributed by atoms with Crippen LogP contribution in [-0.2, 0) is 21.4 Å². The summed E-state index contributed by atoms with van der Waals surface area (Å²) >= 11 is 8.26. The van der Waals surface area contributed by atoms with E-state index >= 15 is 0 Å². The number of ether oxygens (including phenoxy) is 2. The van der Waals surface area contributed by atoms with Gasteiger partial charge in [0.25, 0.3) is 15.9 Å². The summed E-state index contributed by atoms with van der Waals surface area (Å²) in [6.45, 7) is 2.82. The van der Waals surface area contributed by atoms with Crippen LogP contribution in [-0.4, -0.2) is 50.0 Å². The SMILES string of the molecule is CCn1c(=NC(=O)C2CCCN2S(=O)(=O)c2ccc(Cl)s2)sc2cc(OC)c(OC)cc21. The minimum atomic E-state index is -3.81. The van der Waals surface area contributed by atoms with Crippen LogP contribution in [0.5, 0.6) is 11.5 Å². The molecule has 0 N–H and O–H groups in total. The van der Waals surface area contributed by atoms with Crippen LogP contribution in [0, 0.1) is 0 Å². The molecule has 1 aliphatic heterocycles. The van der Waals surface area contributed by atoms with E-state index in [0.717, 1.165) is 21.6 Å². The Morgan fingerprint density at radius 2 is 1.94 bits per heavy atom. The maximum absolute atomic E-state index is 13.1. The van der Waals surface area contributed by atoms with E-state index in [1.165, 1.54) is 21.7 Å². The fourth-order valence-corrected chi connectivity index (χ4v) is 8.16. The number of fused-ring (bicyclic) bond motifs is 1. The van der Waals surface area contributed by atoms with E-state index in [1.54, 1.807) is 20.3 Å². The van der Waals surface area contributed by atoms with Crippen LogP contribution < -0.4 is 14.3 Å². The van der Waals surface area contributed by atoms with Gasteiger partial charge in [0.15, 0.2) is 16.3 Å². The standard InChI is InChI=1S/C20H22ClN3O5S3/c1-4-23-13-10-14(28-2)15(29-3)11-16(13)30-20(23)22-19(25)12-6-5-9-24(12)32(26,27)18-8-7-17(21)31-18/h7-8,10-12H,4-6,9H2,1-3H3. The number of carbonyl (C=O) groups is 1. The largest absolute Gasteiger partial charge is 0.493 e. The highest BCUT2D eigenvalue weighted by Crippen LogP contribution is 2.34. The predicted octanol–water partition coefficient (Wildman–Crippen LogP) is 3.74. The molecule has 0 saturated carbocycles. The second-order valence-corrected chi connectivity index (χ2v) is 11.9. The molecule has 0 bridgehead atoms. The zero-order valence-corrected chi connectivity index (χ0v) is 20.9. The Labute approximate surface area is 198 Å². The van der Waals surface area contributed by atoms with Crippen molar-refractivity contribution in [3.63, 3.8) is 0 Å². The second kappa shape index (κ2) is 9.14. The summed E-state index contributed by atoms with van der Waals surface area (Å²) in [7, 11) is -0.681. The van der Waals surface area contributed by atoms with E-state index in [9.17, 15) is 13.2 Å². The minimum absolute atomic E-state index is 0.131. The molecule has 8 nitrogen and oxygen atoms in total. The summed E-state index contributed by atoms with van der Waals surface area (Å²) in [5.74, 6) is 0.701. The van der Waals surface area contributed by atoms with E-state index in [0.29, 0.717) is 40.0 Å². The van der Waals surface area contributed by atoms with Gasteiger partial charge in [-0.25, -0.2) is 8.42 Å². The van der Waals surface area contributed by atoms with E-state index in [2.05, 4.69) is 4.99 Å². The highest BCUT2D eigenvalue weighted by Gasteiger charge is 2.40. The zero-order valence-electron chi connectivity index (χ0n) is 17.7. The molecule has 32 heavy (non-hydrogen) atoms. The van der Waals surface area contributed by atoms with Gasteiger partial charge in [0.2, 0.25) is 0 Å². The molecule has 1 saturated heterocycles. The molecule has 0 spiro atoms. The summed E-state index contributed by atoms with van der Waals surface area (Å²) in [5, 5.41) is 0. The number of hydrogen-bond acceptors (Lipinski definition) is 7. The van der Waals surface area contributed by atoms with Gasteiger partial charge in [-0.05, 0) is 31.9 Å². The van der Waals surface area contributed by atoms with Crippen LogP contribution in [0.4, 0.5) is 0 Å². The Hall–Kier alpha value is -1.92. The van der Waals surface area contributed by atoms with Crippen LogP contribution >= 0.6 is 34.3 Å². The fraction of sp³-hybridized carbons (Fsp3) is 0.400. The predicted molar refractivity (Wildman–Crippen MR) is 125 cm³/mol. The molecule has 1 aliphatic rings. The van der Waals surface area contributed by atoms with Crippen molar-refractivity contribution in [2.75, 3.05) is 20.8 Å². The summed E-state index contributed by atoms with van der Waals surface area (Å²) < 4.78 is 41.5. The summed E-state index contributed by atoms with van der Waals surface area (Å²) in [5.41, 5.74) is 0.867. The minimum Gasteiger partial charge on any atom is -0.493 e. The molecular formula is C20H22ClN3O5S3. The van der Waals surface area contributed by atoms with Crippen molar-refractivity contribution in [2.45, 2.75) is 36.6 Å². The molecular weight excluding hydrogens is 494 g/mol.